The van der Waals surface area contributed by atoms with Gasteiger partial charge in [-0.3, -0.25) is 5.10 Å². The number of carbonyl (C=O) groups is 1. The number of hydrogen-bond acceptors (Lipinski definition) is 2. The second-order valence-electron chi connectivity index (χ2n) is 3.19. The van der Waals surface area contributed by atoms with E-state index in [1.807, 2.05) is 0 Å². The van der Waals surface area contributed by atoms with Crippen molar-refractivity contribution >= 4 is 33.5 Å². The molecule has 0 bridgehead atoms. The highest BCUT2D eigenvalue weighted by molar-refractivity contribution is 9.10. The monoisotopic (exact) mass is 318 g/mol. The van der Waals surface area contributed by atoms with Gasteiger partial charge in [0.1, 0.15) is 11.5 Å². The van der Waals surface area contributed by atoms with Crippen LogP contribution in [0.1, 0.15) is 10.5 Å². The molecule has 2 rings (SSSR count). The van der Waals surface area contributed by atoms with Gasteiger partial charge in [0.25, 0.3) is 0 Å². The predicted octanol–water partition coefficient (Wildman–Crippen LogP) is 3.33. The fourth-order valence-electron chi connectivity index (χ4n) is 1.32. The zero-order chi connectivity index (χ0) is 12.6. The molecule has 0 unspecified atom stereocenters. The van der Waals surface area contributed by atoms with Gasteiger partial charge in [0.05, 0.1) is 20.8 Å². The van der Waals surface area contributed by atoms with E-state index in [2.05, 4.69) is 26.1 Å². The van der Waals surface area contributed by atoms with Gasteiger partial charge in [-0.1, -0.05) is 11.6 Å². The van der Waals surface area contributed by atoms with Gasteiger partial charge in [-0.25, -0.2) is 9.18 Å². The first-order valence-electron chi connectivity index (χ1n) is 4.43. The Morgan fingerprint density at radius 2 is 2.24 bits per heavy atom. The molecule has 1 heterocycles. The summed E-state index contributed by atoms with van der Waals surface area (Å²) in [6.45, 7) is 0. The largest absolute Gasteiger partial charge is 0.477 e. The summed E-state index contributed by atoms with van der Waals surface area (Å²) >= 11 is 8.89. The molecule has 1 aromatic heterocycles. The van der Waals surface area contributed by atoms with Crippen LogP contribution in [0.2, 0.25) is 5.02 Å². The minimum absolute atomic E-state index is 0.0600. The van der Waals surface area contributed by atoms with Gasteiger partial charge >= 0.3 is 5.97 Å². The summed E-state index contributed by atoms with van der Waals surface area (Å²) in [5, 5.41) is 14.9. The molecule has 0 amide bonds. The Balaban J connectivity index is 2.60. The van der Waals surface area contributed by atoms with E-state index in [0.29, 0.717) is 0 Å². The maximum Gasteiger partial charge on any atom is 0.353 e. The number of aromatic amines is 1. The Morgan fingerprint density at radius 1 is 1.53 bits per heavy atom. The van der Waals surface area contributed by atoms with Crippen molar-refractivity contribution in [1.29, 1.82) is 0 Å². The fraction of sp³-hybridized carbons (Fsp3) is 0. The molecule has 0 atom stereocenters. The Hall–Kier alpha value is -1.40. The Morgan fingerprint density at radius 3 is 2.82 bits per heavy atom. The SMILES string of the molecule is O=C(O)c1cc(-c2c(Cl)ccc(Br)c2F)n[nH]1. The lowest BCUT2D eigenvalue weighted by molar-refractivity contribution is 0.0690. The van der Waals surface area contributed by atoms with E-state index in [1.54, 1.807) is 0 Å². The minimum Gasteiger partial charge on any atom is -0.477 e. The molecule has 0 aliphatic carbocycles. The summed E-state index contributed by atoms with van der Waals surface area (Å²) in [6.07, 6.45) is 0. The highest BCUT2D eigenvalue weighted by atomic mass is 79.9. The van der Waals surface area contributed by atoms with E-state index in [0.717, 1.165) is 0 Å². The first-order valence-corrected chi connectivity index (χ1v) is 5.60. The zero-order valence-electron chi connectivity index (χ0n) is 8.17. The van der Waals surface area contributed by atoms with Crippen LogP contribution in [-0.2, 0) is 0 Å². The molecule has 0 saturated heterocycles. The van der Waals surface area contributed by atoms with E-state index in [4.69, 9.17) is 16.7 Å². The molecule has 1 aromatic carbocycles. The van der Waals surface area contributed by atoms with E-state index >= 15 is 0 Å². The number of rotatable bonds is 2. The van der Waals surface area contributed by atoms with Gasteiger partial charge in [0.15, 0.2) is 0 Å². The number of nitrogens with one attached hydrogen (secondary N) is 1. The molecule has 0 saturated carbocycles. The van der Waals surface area contributed by atoms with Crippen LogP contribution in [0.4, 0.5) is 4.39 Å². The Labute approximate surface area is 109 Å². The number of aromatic nitrogens is 2. The van der Waals surface area contributed by atoms with Crippen LogP contribution in [0.5, 0.6) is 0 Å². The molecule has 0 aliphatic rings. The van der Waals surface area contributed by atoms with Crippen molar-refractivity contribution in [3.05, 3.63) is 39.2 Å². The summed E-state index contributed by atoms with van der Waals surface area (Å²) in [5.41, 5.74) is 0.0754. The van der Waals surface area contributed by atoms with Gasteiger partial charge in [0, 0.05) is 0 Å². The van der Waals surface area contributed by atoms with E-state index in [1.165, 1.54) is 18.2 Å². The predicted molar refractivity (Wildman–Crippen MR) is 63.7 cm³/mol. The third kappa shape index (κ3) is 2.18. The third-order valence-electron chi connectivity index (χ3n) is 2.11. The lowest BCUT2D eigenvalue weighted by Gasteiger charge is -2.03. The summed E-state index contributed by atoms with van der Waals surface area (Å²) < 4.78 is 14.1. The molecule has 88 valence electrons. The van der Waals surface area contributed by atoms with Crippen LogP contribution in [0, 0.1) is 5.82 Å². The van der Waals surface area contributed by atoms with Crippen molar-refractivity contribution in [2.75, 3.05) is 0 Å². The van der Waals surface area contributed by atoms with Crippen LogP contribution in [0.15, 0.2) is 22.7 Å². The number of H-pyrrole nitrogens is 1. The van der Waals surface area contributed by atoms with Gasteiger partial charge in [-0.15, -0.1) is 0 Å². The van der Waals surface area contributed by atoms with Crippen LogP contribution < -0.4 is 0 Å². The summed E-state index contributed by atoms with van der Waals surface area (Å²) in [7, 11) is 0. The van der Waals surface area contributed by atoms with Crippen molar-refractivity contribution in [2.24, 2.45) is 0 Å². The summed E-state index contributed by atoms with van der Waals surface area (Å²) in [5.74, 6) is -1.75. The Bertz CT molecular complexity index is 600. The molecule has 17 heavy (non-hydrogen) atoms. The molecule has 0 spiro atoms. The molecule has 2 N–H and O–H groups in total. The lowest BCUT2D eigenvalue weighted by atomic mass is 10.1. The highest BCUT2D eigenvalue weighted by Gasteiger charge is 2.17. The first kappa shape index (κ1) is 12.1. The minimum atomic E-state index is -1.17. The normalized spacial score (nSPS) is 10.5. The number of hydrogen-bond donors (Lipinski definition) is 2. The van der Waals surface area contributed by atoms with E-state index in [9.17, 15) is 9.18 Å². The van der Waals surface area contributed by atoms with Gasteiger partial charge in [-0.2, -0.15) is 5.10 Å². The van der Waals surface area contributed by atoms with Crippen LogP contribution >= 0.6 is 27.5 Å². The van der Waals surface area contributed by atoms with Crippen LogP contribution in [0.3, 0.4) is 0 Å². The van der Waals surface area contributed by atoms with E-state index in [-0.39, 0.29) is 26.4 Å². The van der Waals surface area contributed by atoms with E-state index < -0.39 is 11.8 Å². The number of nitrogens with zero attached hydrogens (tertiary/aromatic N) is 1. The van der Waals surface area contributed by atoms with Crippen molar-refractivity contribution in [3.63, 3.8) is 0 Å². The quantitative estimate of drug-likeness (QED) is 0.834. The first-order chi connectivity index (χ1) is 8.00. The summed E-state index contributed by atoms with van der Waals surface area (Å²) in [4.78, 5) is 10.7. The van der Waals surface area contributed by atoms with Crippen molar-refractivity contribution in [1.82, 2.24) is 10.2 Å². The second-order valence-corrected chi connectivity index (χ2v) is 4.45. The summed E-state index contributed by atoms with van der Waals surface area (Å²) in [6, 6.07) is 4.18. The number of halogens is 3. The zero-order valence-corrected chi connectivity index (χ0v) is 10.5. The highest BCUT2D eigenvalue weighted by Crippen LogP contribution is 2.33. The van der Waals surface area contributed by atoms with Crippen molar-refractivity contribution in [2.45, 2.75) is 0 Å². The molecule has 0 aliphatic heterocycles. The van der Waals surface area contributed by atoms with Crippen molar-refractivity contribution < 1.29 is 14.3 Å². The molecule has 0 fully saturated rings. The average molecular weight is 320 g/mol. The number of aromatic carboxylic acids is 1. The van der Waals surface area contributed by atoms with Gasteiger partial charge in [-0.05, 0) is 34.1 Å². The molecule has 7 heteroatoms. The van der Waals surface area contributed by atoms with Crippen LogP contribution in [-0.4, -0.2) is 21.3 Å². The molecule has 4 nitrogen and oxygen atoms in total. The van der Waals surface area contributed by atoms with Gasteiger partial charge < -0.3 is 5.11 Å². The average Bonchev–Trinajstić information content (AvgIpc) is 2.73. The van der Waals surface area contributed by atoms with Gasteiger partial charge in [0.2, 0.25) is 0 Å². The Kier molecular flexibility index (Phi) is 3.17. The number of carboxylic acids is 1. The molecular formula is C10H5BrClFN2O2. The van der Waals surface area contributed by atoms with Crippen molar-refractivity contribution in [3.8, 4) is 11.3 Å². The maximum absolute atomic E-state index is 13.8. The maximum atomic E-state index is 13.8. The second kappa shape index (κ2) is 4.46. The number of carboxylic acid groups (broad SMARTS) is 1. The smallest absolute Gasteiger partial charge is 0.353 e. The standard InChI is InChI=1S/C10H5BrClFN2O2/c11-4-1-2-5(12)8(9(4)13)6-3-7(10(16)17)15-14-6/h1-3H,(H,14,15)(H,16,17). The van der Waals surface area contributed by atoms with Crippen LogP contribution in [0.25, 0.3) is 11.3 Å². The number of benzene rings is 1. The third-order valence-corrected chi connectivity index (χ3v) is 3.04. The topological polar surface area (TPSA) is 66.0 Å². The molecular weight excluding hydrogens is 314 g/mol. The lowest BCUT2D eigenvalue weighted by Crippen LogP contribution is -1.95. The fourth-order valence-corrected chi connectivity index (χ4v) is 1.89. The molecule has 2 aromatic rings. The molecule has 0 radical (unpaired) electrons.